The van der Waals surface area contributed by atoms with Crippen LogP contribution in [-0.2, 0) is 18.6 Å². The number of nitrogens with zero attached hydrogens (tertiary/aromatic N) is 2. The topological polar surface area (TPSA) is 27.1 Å². The van der Waals surface area contributed by atoms with E-state index in [9.17, 15) is 4.39 Å². The first-order valence-electron chi connectivity index (χ1n) is 9.83. The van der Waals surface area contributed by atoms with Gasteiger partial charge in [0.15, 0.2) is 0 Å². The van der Waals surface area contributed by atoms with Gasteiger partial charge in [0.2, 0.25) is 0 Å². The molecular formula is C25H25FN2O. The highest BCUT2D eigenvalue weighted by atomic mass is 19.1. The normalized spacial score (nSPS) is 11.7. The van der Waals surface area contributed by atoms with E-state index in [0.29, 0.717) is 18.7 Å². The minimum atomic E-state index is -0.213. The van der Waals surface area contributed by atoms with Crippen molar-refractivity contribution in [2.45, 2.75) is 39.3 Å². The van der Waals surface area contributed by atoms with Crippen molar-refractivity contribution in [1.82, 2.24) is 9.55 Å². The Morgan fingerprint density at radius 1 is 0.897 bits per heavy atom. The van der Waals surface area contributed by atoms with Crippen LogP contribution in [0.4, 0.5) is 4.39 Å². The minimum absolute atomic E-state index is 0.103. The van der Waals surface area contributed by atoms with Crippen molar-refractivity contribution >= 4 is 11.0 Å². The summed E-state index contributed by atoms with van der Waals surface area (Å²) < 4.78 is 22.3. The lowest BCUT2D eigenvalue weighted by Crippen LogP contribution is -2.11. The summed E-state index contributed by atoms with van der Waals surface area (Å²) in [4.78, 5) is 4.73. The molecule has 0 amide bonds. The molecule has 0 aliphatic heterocycles. The summed E-state index contributed by atoms with van der Waals surface area (Å²) in [5.41, 5.74) is 3.85. The molecule has 148 valence electrons. The fraction of sp³-hybridized carbons (Fsp3) is 0.240. The quantitative estimate of drug-likeness (QED) is 0.413. The third-order valence-corrected chi connectivity index (χ3v) is 5.11. The molecule has 0 saturated heterocycles. The summed E-state index contributed by atoms with van der Waals surface area (Å²) in [7, 11) is 0. The van der Waals surface area contributed by atoms with Gasteiger partial charge in [-0.1, -0.05) is 63.2 Å². The molecule has 1 aromatic heterocycles. The molecule has 0 bridgehead atoms. The zero-order valence-corrected chi connectivity index (χ0v) is 17.0. The Kier molecular flexibility index (Phi) is 5.10. The molecule has 0 aliphatic carbocycles. The molecule has 4 aromatic rings. The van der Waals surface area contributed by atoms with Crippen molar-refractivity contribution in [2.75, 3.05) is 0 Å². The van der Waals surface area contributed by atoms with E-state index in [0.717, 1.165) is 22.6 Å². The van der Waals surface area contributed by atoms with Gasteiger partial charge in [-0.2, -0.15) is 0 Å². The van der Waals surface area contributed by atoms with E-state index in [1.165, 1.54) is 11.6 Å². The Labute approximate surface area is 170 Å². The number of imidazole rings is 1. The second kappa shape index (κ2) is 7.70. The van der Waals surface area contributed by atoms with Crippen LogP contribution < -0.4 is 4.74 Å². The van der Waals surface area contributed by atoms with Gasteiger partial charge in [-0.05, 0) is 41.3 Å². The fourth-order valence-corrected chi connectivity index (χ4v) is 3.41. The first kappa shape index (κ1) is 19.2. The second-order valence-corrected chi connectivity index (χ2v) is 8.26. The maximum atomic E-state index is 14.2. The van der Waals surface area contributed by atoms with Crippen LogP contribution in [0.15, 0.2) is 72.8 Å². The maximum Gasteiger partial charge on any atom is 0.148 e. The van der Waals surface area contributed by atoms with Crippen LogP contribution in [0.3, 0.4) is 0 Å². The van der Waals surface area contributed by atoms with Gasteiger partial charge in [-0.15, -0.1) is 0 Å². The number of para-hydroxylation sites is 2. The average molecular weight is 388 g/mol. The Balaban J connectivity index is 1.61. The number of halogens is 1. The standard InChI is InChI=1S/C25H25FN2O/c1-25(2,3)19-12-14-20(15-13-19)29-17-24-27-22-10-6-7-11-23(22)28(24)16-18-8-4-5-9-21(18)26/h4-15H,16-17H2,1-3H3. The largest absolute Gasteiger partial charge is 0.486 e. The Hall–Kier alpha value is -3.14. The third-order valence-electron chi connectivity index (χ3n) is 5.11. The van der Waals surface area contributed by atoms with E-state index in [1.807, 2.05) is 47.0 Å². The van der Waals surface area contributed by atoms with E-state index in [-0.39, 0.29) is 11.2 Å². The zero-order valence-electron chi connectivity index (χ0n) is 17.0. The molecule has 0 atom stereocenters. The lowest BCUT2D eigenvalue weighted by Gasteiger charge is -2.19. The smallest absolute Gasteiger partial charge is 0.148 e. The van der Waals surface area contributed by atoms with Gasteiger partial charge in [0.25, 0.3) is 0 Å². The third kappa shape index (κ3) is 4.16. The van der Waals surface area contributed by atoms with E-state index >= 15 is 0 Å². The molecule has 0 fully saturated rings. The molecule has 0 aliphatic rings. The molecule has 0 radical (unpaired) electrons. The van der Waals surface area contributed by atoms with Gasteiger partial charge in [-0.3, -0.25) is 0 Å². The van der Waals surface area contributed by atoms with Gasteiger partial charge in [0.05, 0.1) is 17.6 Å². The highest BCUT2D eigenvalue weighted by Crippen LogP contribution is 2.25. The number of hydrogen-bond acceptors (Lipinski definition) is 2. The van der Waals surface area contributed by atoms with Crippen LogP contribution in [0.1, 0.15) is 37.7 Å². The first-order chi connectivity index (χ1) is 13.9. The molecule has 4 heteroatoms. The van der Waals surface area contributed by atoms with Crippen LogP contribution >= 0.6 is 0 Å². The van der Waals surface area contributed by atoms with Crippen LogP contribution in [0, 0.1) is 5.82 Å². The minimum Gasteiger partial charge on any atom is -0.486 e. The van der Waals surface area contributed by atoms with Gasteiger partial charge in [0, 0.05) is 5.56 Å². The van der Waals surface area contributed by atoms with Crippen LogP contribution in [0.2, 0.25) is 0 Å². The first-order valence-corrected chi connectivity index (χ1v) is 9.83. The Bertz CT molecular complexity index is 1120. The predicted octanol–water partition coefficient (Wildman–Crippen LogP) is 6.10. The lowest BCUT2D eigenvalue weighted by atomic mass is 9.87. The van der Waals surface area contributed by atoms with Crippen LogP contribution in [0.25, 0.3) is 11.0 Å². The van der Waals surface area contributed by atoms with Gasteiger partial charge in [0.1, 0.15) is 24.0 Å². The molecule has 0 saturated carbocycles. The molecule has 0 unspecified atom stereocenters. The van der Waals surface area contributed by atoms with Crippen LogP contribution in [-0.4, -0.2) is 9.55 Å². The molecule has 29 heavy (non-hydrogen) atoms. The second-order valence-electron chi connectivity index (χ2n) is 8.26. The molecule has 0 N–H and O–H groups in total. The van der Waals surface area contributed by atoms with E-state index in [4.69, 9.17) is 9.72 Å². The lowest BCUT2D eigenvalue weighted by molar-refractivity contribution is 0.291. The number of fused-ring (bicyclic) bond motifs is 1. The Morgan fingerprint density at radius 2 is 1.59 bits per heavy atom. The van der Waals surface area contributed by atoms with Crippen molar-refractivity contribution in [1.29, 1.82) is 0 Å². The summed E-state index contributed by atoms with van der Waals surface area (Å²) in [6, 6.07) is 22.9. The van der Waals surface area contributed by atoms with E-state index in [2.05, 4.69) is 32.9 Å². The summed E-state index contributed by atoms with van der Waals surface area (Å²) in [5.74, 6) is 1.35. The average Bonchev–Trinajstić information content (AvgIpc) is 3.05. The van der Waals surface area contributed by atoms with Crippen molar-refractivity contribution in [3.05, 3.63) is 95.6 Å². The maximum absolute atomic E-state index is 14.2. The van der Waals surface area contributed by atoms with Crippen molar-refractivity contribution in [2.24, 2.45) is 0 Å². The van der Waals surface area contributed by atoms with Gasteiger partial charge in [-0.25, -0.2) is 9.37 Å². The monoisotopic (exact) mass is 388 g/mol. The van der Waals surface area contributed by atoms with Crippen molar-refractivity contribution in [3.63, 3.8) is 0 Å². The molecular weight excluding hydrogens is 363 g/mol. The van der Waals surface area contributed by atoms with E-state index < -0.39 is 0 Å². The van der Waals surface area contributed by atoms with E-state index in [1.54, 1.807) is 12.1 Å². The van der Waals surface area contributed by atoms with Crippen LogP contribution in [0.5, 0.6) is 5.75 Å². The van der Waals surface area contributed by atoms with Gasteiger partial charge >= 0.3 is 0 Å². The van der Waals surface area contributed by atoms with Crippen molar-refractivity contribution in [3.8, 4) is 5.75 Å². The molecule has 0 spiro atoms. The predicted molar refractivity (Wildman–Crippen MR) is 115 cm³/mol. The highest BCUT2D eigenvalue weighted by Gasteiger charge is 2.15. The highest BCUT2D eigenvalue weighted by molar-refractivity contribution is 5.76. The summed E-state index contributed by atoms with van der Waals surface area (Å²) in [5, 5.41) is 0. The van der Waals surface area contributed by atoms with Crippen molar-refractivity contribution < 1.29 is 9.13 Å². The SMILES string of the molecule is CC(C)(C)c1ccc(OCc2nc3ccccc3n2Cc2ccccc2F)cc1. The molecule has 3 nitrogen and oxygen atoms in total. The number of ether oxygens (including phenoxy) is 1. The molecule has 3 aromatic carbocycles. The Morgan fingerprint density at radius 3 is 2.31 bits per heavy atom. The molecule has 4 rings (SSSR count). The molecule has 1 heterocycles. The number of aromatic nitrogens is 2. The van der Waals surface area contributed by atoms with Gasteiger partial charge < -0.3 is 9.30 Å². The fourth-order valence-electron chi connectivity index (χ4n) is 3.41. The number of hydrogen-bond donors (Lipinski definition) is 0. The summed E-state index contributed by atoms with van der Waals surface area (Å²) in [6.07, 6.45) is 0. The summed E-state index contributed by atoms with van der Waals surface area (Å²) >= 11 is 0. The summed E-state index contributed by atoms with van der Waals surface area (Å²) in [6.45, 7) is 7.29. The number of benzene rings is 3. The number of rotatable bonds is 5. The zero-order chi connectivity index (χ0) is 20.4.